The molecule has 1 atom stereocenters. The molecule has 5 rings (SSSR count). The largest absolute Gasteiger partial charge is 0.322 e. The second-order valence-electron chi connectivity index (χ2n) is 7.33. The van der Waals surface area contributed by atoms with Crippen molar-refractivity contribution in [3.63, 3.8) is 0 Å². The van der Waals surface area contributed by atoms with Crippen molar-refractivity contribution in [3.05, 3.63) is 89.2 Å². The van der Waals surface area contributed by atoms with Gasteiger partial charge in [-0.15, -0.1) is 0 Å². The molecule has 0 aliphatic carbocycles. The van der Waals surface area contributed by atoms with E-state index in [9.17, 15) is 13.4 Å². The van der Waals surface area contributed by atoms with Crippen LogP contribution in [0.25, 0.3) is 22.2 Å². The number of hydrogen-bond acceptors (Lipinski definition) is 3. The van der Waals surface area contributed by atoms with E-state index in [0.717, 1.165) is 10.9 Å². The van der Waals surface area contributed by atoms with Crippen molar-refractivity contribution >= 4 is 50.8 Å². The minimum atomic E-state index is -1.12. The van der Waals surface area contributed by atoms with Crippen molar-refractivity contribution in [1.29, 1.82) is 0 Å². The van der Waals surface area contributed by atoms with E-state index in [1.807, 2.05) is 36.4 Å². The van der Waals surface area contributed by atoms with E-state index in [1.165, 1.54) is 12.1 Å². The fourth-order valence-corrected chi connectivity index (χ4v) is 4.64. The summed E-state index contributed by atoms with van der Waals surface area (Å²) >= 11 is 6.40. The number of nitrogens with one attached hydrogen (secondary N) is 1. The number of pyridine rings is 1. The van der Waals surface area contributed by atoms with Gasteiger partial charge >= 0.3 is 0 Å². The number of carbonyl (C=O) groups is 1. The Balaban J connectivity index is 1.41. The third-order valence-corrected chi connectivity index (χ3v) is 7.05. The zero-order valence-electron chi connectivity index (χ0n) is 16.7. The molecule has 0 spiro atoms. The van der Waals surface area contributed by atoms with Crippen molar-refractivity contribution in [1.82, 2.24) is 4.98 Å². The average molecular weight is 466 g/mol. The topological polar surface area (TPSA) is 62.3 Å². The Morgan fingerprint density at radius 2 is 1.91 bits per heavy atom. The second kappa shape index (κ2) is 8.33. The van der Waals surface area contributed by atoms with Crippen molar-refractivity contribution in [2.24, 2.45) is 0 Å². The molecule has 0 saturated carbocycles. The monoisotopic (exact) mass is 465 g/mol. The third-order valence-electron chi connectivity index (χ3n) is 5.30. The Morgan fingerprint density at radius 3 is 2.66 bits per heavy atom. The number of nitrogens with zero attached hydrogens (tertiary/aromatic N) is 2. The lowest BCUT2D eigenvalue weighted by Crippen LogP contribution is -2.42. The molecule has 0 radical (unpaired) electrons. The first kappa shape index (κ1) is 20.6. The maximum Gasteiger partial charge on any atom is 0.258 e. The molecule has 1 N–H and O–H groups in total. The molecule has 1 unspecified atom stereocenters. The van der Waals surface area contributed by atoms with E-state index >= 15 is 0 Å². The summed E-state index contributed by atoms with van der Waals surface area (Å²) in [7, 11) is -1.12. The predicted molar refractivity (Wildman–Crippen MR) is 127 cm³/mol. The van der Waals surface area contributed by atoms with Crippen molar-refractivity contribution in [2.75, 3.05) is 21.9 Å². The SMILES string of the molecule is O=C(Nc1ccc(Cl)c(-c2ccc3ccccc3n2)c1)c1ccc(N2CCS2=O)cc1F. The summed E-state index contributed by atoms with van der Waals surface area (Å²) in [5, 5.41) is 4.22. The molecule has 3 aromatic carbocycles. The van der Waals surface area contributed by atoms with Gasteiger partial charge in [-0.05, 0) is 48.5 Å². The van der Waals surface area contributed by atoms with Crippen LogP contribution in [0.4, 0.5) is 15.8 Å². The summed E-state index contributed by atoms with van der Waals surface area (Å²) in [6.45, 7) is 0.605. The maximum atomic E-state index is 14.6. The number of anilines is 2. The summed E-state index contributed by atoms with van der Waals surface area (Å²) < 4.78 is 27.9. The number of hydrogen-bond donors (Lipinski definition) is 1. The molecule has 8 heteroatoms. The van der Waals surface area contributed by atoms with Crippen LogP contribution in [0.3, 0.4) is 0 Å². The van der Waals surface area contributed by atoms with E-state index in [1.54, 1.807) is 28.6 Å². The highest BCUT2D eigenvalue weighted by Crippen LogP contribution is 2.31. The molecule has 1 aliphatic heterocycles. The lowest BCUT2D eigenvalue weighted by atomic mass is 10.1. The standard InChI is InChI=1S/C24H17ClFN3O2S/c25-20-9-6-16(13-19(20)23-10-5-15-3-1-2-4-22(15)28-23)27-24(30)18-8-7-17(14-21(18)26)29-11-12-32(29)31/h1-10,13-14H,11-12H2,(H,27,30). The van der Waals surface area contributed by atoms with Crippen LogP contribution in [-0.4, -0.2) is 27.4 Å². The summed E-state index contributed by atoms with van der Waals surface area (Å²) in [5.74, 6) is -0.692. The van der Waals surface area contributed by atoms with Crippen LogP contribution in [-0.2, 0) is 11.0 Å². The zero-order chi connectivity index (χ0) is 22.2. The van der Waals surface area contributed by atoms with Gasteiger partial charge in [-0.1, -0.05) is 35.9 Å². The van der Waals surface area contributed by atoms with Crippen LogP contribution >= 0.6 is 11.6 Å². The summed E-state index contributed by atoms with van der Waals surface area (Å²) in [6, 6.07) is 20.9. The van der Waals surface area contributed by atoms with Gasteiger partial charge in [-0.3, -0.25) is 9.10 Å². The number of fused-ring (bicyclic) bond motifs is 1. The van der Waals surface area contributed by atoms with Crippen LogP contribution in [0.5, 0.6) is 0 Å². The first-order valence-electron chi connectivity index (χ1n) is 9.92. The maximum absolute atomic E-state index is 14.6. The fraction of sp³-hybridized carbons (Fsp3) is 0.0833. The van der Waals surface area contributed by atoms with Crippen molar-refractivity contribution in [3.8, 4) is 11.3 Å². The molecule has 4 aromatic rings. The van der Waals surface area contributed by atoms with E-state index in [2.05, 4.69) is 10.3 Å². The zero-order valence-corrected chi connectivity index (χ0v) is 18.3. The van der Waals surface area contributed by atoms with Gasteiger partial charge in [0, 0.05) is 23.2 Å². The van der Waals surface area contributed by atoms with Gasteiger partial charge in [0.05, 0.1) is 33.2 Å². The normalized spacial score (nSPS) is 15.4. The van der Waals surface area contributed by atoms with Crippen LogP contribution in [0.2, 0.25) is 5.02 Å². The number of amides is 1. The van der Waals surface area contributed by atoms with Gasteiger partial charge < -0.3 is 5.32 Å². The Hall–Kier alpha value is -3.29. The van der Waals surface area contributed by atoms with Crippen LogP contribution in [0, 0.1) is 5.82 Å². The average Bonchev–Trinajstić information content (AvgIpc) is 2.79. The highest BCUT2D eigenvalue weighted by molar-refractivity contribution is 7.88. The summed E-state index contributed by atoms with van der Waals surface area (Å²) in [4.78, 5) is 17.4. The molecule has 160 valence electrons. The van der Waals surface area contributed by atoms with Crippen LogP contribution in [0.1, 0.15) is 10.4 Å². The fourth-order valence-electron chi connectivity index (χ4n) is 3.56. The number of halogens is 2. The van der Waals surface area contributed by atoms with Gasteiger partial charge in [0.15, 0.2) is 0 Å². The molecule has 0 bridgehead atoms. The minimum Gasteiger partial charge on any atom is -0.322 e. The Labute approximate surface area is 191 Å². The Morgan fingerprint density at radius 1 is 1.06 bits per heavy atom. The van der Waals surface area contributed by atoms with E-state index < -0.39 is 22.7 Å². The lowest BCUT2D eigenvalue weighted by molar-refractivity contribution is 0.102. The number of carbonyl (C=O) groups excluding carboxylic acids is 1. The molecular formula is C24H17ClFN3O2S. The van der Waals surface area contributed by atoms with Gasteiger partial charge in [0.25, 0.3) is 5.91 Å². The number of benzene rings is 3. The minimum absolute atomic E-state index is 0.0969. The molecule has 1 saturated heterocycles. The first-order chi connectivity index (χ1) is 15.5. The summed E-state index contributed by atoms with van der Waals surface area (Å²) in [6.07, 6.45) is 0. The first-order valence-corrected chi connectivity index (χ1v) is 11.6. The number of aromatic nitrogens is 1. The van der Waals surface area contributed by atoms with E-state index in [0.29, 0.717) is 40.0 Å². The number of rotatable bonds is 4. The quantitative estimate of drug-likeness (QED) is 0.437. The van der Waals surface area contributed by atoms with Gasteiger partial charge in [-0.25, -0.2) is 13.6 Å². The molecule has 1 aliphatic rings. The molecule has 1 fully saturated rings. The smallest absolute Gasteiger partial charge is 0.258 e. The van der Waals surface area contributed by atoms with Crippen molar-refractivity contribution < 1.29 is 13.4 Å². The lowest BCUT2D eigenvalue weighted by Gasteiger charge is -2.31. The molecule has 32 heavy (non-hydrogen) atoms. The van der Waals surface area contributed by atoms with E-state index in [-0.39, 0.29) is 5.56 Å². The third kappa shape index (κ3) is 3.85. The van der Waals surface area contributed by atoms with Crippen LogP contribution in [0.15, 0.2) is 72.8 Å². The molecular weight excluding hydrogens is 449 g/mol. The number of para-hydroxylation sites is 1. The summed E-state index contributed by atoms with van der Waals surface area (Å²) in [5.41, 5.74) is 3.03. The molecule has 2 heterocycles. The van der Waals surface area contributed by atoms with Gasteiger partial charge in [0.1, 0.15) is 16.8 Å². The van der Waals surface area contributed by atoms with Gasteiger partial charge in [-0.2, -0.15) is 0 Å². The predicted octanol–water partition coefficient (Wildman–Crippen LogP) is 5.43. The van der Waals surface area contributed by atoms with Gasteiger partial charge in [0.2, 0.25) is 0 Å². The Bertz CT molecular complexity index is 1400. The second-order valence-corrected chi connectivity index (χ2v) is 9.23. The van der Waals surface area contributed by atoms with Crippen molar-refractivity contribution in [2.45, 2.75) is 0 Å². The van der Waals surface area contributed by atoms with E-state index in [4.69, 9.17) is 11.6 Å². The molecule has 1 amide bonds. The molecule has 5 nitrogen and oxygen atoms in total. The van der Waals surface area contributed by atoms with Crippen LogP contribution < -0.4 is 9.62 Å². The Kier molecular flexibility index (Phi) is 5.36. The molecule has 1 aromatic heterocycles. The highest BCUT2D eigenvalue weighted by atomic mass is 35.5. The highest BCUT2D eigenvalue weighted by Gasteiger charge is 2.25.